The minimum absolute atomic E-state index is 0.00561. The van der Waals surface area contributed by atoms with Gasteiger partial charge in [-0.15, -0.1) is 0 Å². The molecule has 0 radical (unpaired) electrons. The van der Waals surface area contributed by atoms with E-state index in [1.165, 1.54) is 17.8 Å². The first-order valence-corrected chi connectivity index (χ1v) is 8.78. The third-order valence-electron chi connectivity index (χ3n) is 4.89. The van der Waals surface area contributed by atoms with Crippen LogP contribution in [0.1, 0.15) is 16.1 Å². The number of aryl methyl sites for hydroxylation is 1. The van der Waals surface area contributed by atoms with E-state index in [-0.39, 0.29) is 11.7 Å². The van der Waals surface area contributed by atoms with E-state index in [1.807, 2.05) is 29.2 Å². The molecule has 26 heavy (non-hydrogen) atoms. The van der Waals surface area contributed by atoms with Gasteiger partial charge in [0.25, 0.3) is 5.91 Å². The second-order valence-corrected chi connectivity index (χ2v) is 6.57. The highest BCUT2D eigenvalue weighted by molar-refractivity contribution is 5.98. The summed E-state index contributed by atoms with van der Waals surface area (Å²) in [5, 5.41) is 0.781. The van der Waals surface area contributed by atoms with E-state index >= 15 is 0 Å². The minimum atomic E-state index is -0.319. The van der Waals surface area contributed by atoms with Crippen molar-refractivity contribution in [2.45, 2.75) is 6.92 Å². The van der Waals surface area contributed by atoms with Crippen LogP contribution >= 0.6 is 0 Å². The molecule has 0 atom stereocenters. The maximum absolute atomic E-state index is 13.4. The molecule has 0 spiro atoms. The lowest BCUT2D eigenvalue weighted by Crippen LogP contribution is -2.49. The molecule has 0 unspecified atom stereocenters. The number of nitrogens with zero attached hydrogens (tertiary/aromatic N) is 3. The van der Waals surface area contributed by atoms with Crippen LogP contribution in [0.15, 0.2) is 54.6 Å². The largest absolute Gasteiger partial charge is 0.368 e. The van der Waals surface area contributed by atoms with Crippen molar-refractivity contribution in [2.24, 2.45) is 0 Å². The van der Waals surface area contributed by atoms with Crippen LogP contribution in [0.5, 0.6) is 0 Å². The fourth-order valence-corrected chi connectivity index (χ4v) is 3.43. The molecular weight excluding hydrogens is 329 g/mol. The topological polar surface area (TPSA) is 36.4 Å². The number of rotatable bonds is 2. The molecule has 4 rings (SSSR count). The van der Waals surface area contributed by atoms with Crippen LogP contribution in [-0.4, -0.2) is 42.0 Å². The number of amides is 1. The number of anilines is 1. The highest BCUT2D eigenvalue weighted by atomic mass is 19.1. The van der Waals surface area contributed by atoms with E-state index in [4.69, 9.17) is 0 Å². The molecular formula is C21H20FN3O. The van der Waals surface area contributed by atoms with Gasteiger partial charge >= 0.3 is 0 Å². The van der Waals surface area contributed by atoms with Crippen LogP contribution in [0, 0.1) is 12.7 Å². The molecule has 1 aliphatic heterocycles. The van der Waals surface area contributed by atoms with Crippen molar-refractivity contribution in [3.8, 4) is 0 Å². The van der Waals surface area contributed by atoms with E-state index in [2.05, 4.69) is 22.0 Å². The summed E-state index contributed by atoms with van der Waals surface area (Å²) in [6.45, 7) is 4.77. The van der Waals surface area contributed by atoms with Crippen molar-refractivity contribution in [3.05, 3.63) is 71.7 Å². The van der Waals surface area contributed by atoms with Crippen molar-refractivity contribution in [3.63, 3.8) is 0 Å². The van der Waals surface area contributed by atoms with Gasteiger partial charge in [-0.2, -0.15) is 0 Å². The summed E-state index contributed by atoms with van der Waals surface area (Å²) >= 11 is 0. The molecule has 1 amide bonds. The number of pyridine rings is 1. The van der Waals surface area contributed by atoms with E-state index in [0.717, 1.165) is 18.5 Å². The molecule has 5 heteroatoms. The van der Waals surface area contributed by atoms with Crippen molar-refractivity contribution < 1.29 is 9.18 Å². The van der Waals surface area contributed by atoms with Crippen LogP contribution in [-0.2, 0) is 0 Å². The van der Waals surface area contributed by atoms with Crippen LogP contribution in [0.3, 0.4) is 0 Å². The predicted octanol–water partition coefficient (Wildman–Crippen LogP) is 3.64. The van der Waals surface area contributed by atoms with Crippen LogP contribution in [0.4, 0.5) is 10.1 Å². The number of halogens is 1. The van der Waals surface area contributed by atoms with Gasteiger partial charge < -0.3 is 9.80 Å². The van der Waals surface area contributed by atoms with E-state index in [0.29, 0.717) is 29.9 Å². The average molecular weight is 349 g/mol. The van der Waals surface area contributed by atoms with E-state index < -0.39 is 0 Å². The summed E-state index contributed by atoms with van der Waals surface area (Å²) in [6.07, 6.45) is 0. The average Bonchev–Trinajstić information content (AvgIpc) is 2.68. The number of fused-ring (bicyclic) bond motifs is 1. The van der Waals surface area contributed by atoms with Gasteiger partial charge in [0.2, 0.25) is 0 Å². The first-order chi connectivity index (χ1) is 12.6. The standard InChI is InChI=1S/C21H20FN3O/c1-15-19(13-16-7-8-17(22)14-20(16)23-15)21(26)25-11-9-24(10-12-25)18-5-3-2-4-6-18/h2-8,13-14H,9-12H2,1H3. The maximum Gasteiger partial charge on any atom is 0.255 e. The Morgan fingerprint density at radius 3 is 2.46 bits per heavy atom. The number of para-hydroxylation sites is 1. The molecule has 0 aliphatic carbocycles. The summed E-state index contributed by atoms with van der Waals surface area (Å²) in [4.78, 5) is 21.5. The van der Waals surface area contributed by atoms with Gasteiger partial charge in [0.05, 0.1) is 16.8 Å². The summed E-state index contributed by atoms with van der Waals surface area (Å²) in [5.74, 6) is -0.325. The second kappa shape index (κ2) is 6.75. The quantitative estimate of drug-likeness (QED) is 0.709. The molecule has 0 bridgehead atoms. The number of carbonyl (C=O) groups is 1. The molecule has 0 saturated carbocycles. The van der Waals surface area contributed by atoms with Crippen molar-refractivity contribution in [1.82, 2.24) is 9.88 Å². The Morgan fingerprint density at radius 1 is 1.00 bits per heavy atom. The van der Waals surface area contributed by atoms with Crippen LogP contribution in [0.2, 0.25) is 0 Å². The Kier molecular flexibility index (Phi) is 4.29. The van der Waals surface area contributed by atoms with Gasteiger partial charge in [0.1, 0.15) is 5.82 Å². The number of aromatic nitrogens is 1. The number of piperazine rings is 1. The monoisotopic (exact) mass is 349 g/mol. The molecule has 132 valence electrons. The van der Waals surface area contributed by atoms with Gasteiger partial charge in [-0.25, -0.2) is 4.39 Å². The van der Waals surface area contributed by atoms with Gasteiger partial charge in [-0.1, -0.05) is 18.2 Å². The molecule has 1 aromatic heterocycles. The summed E-state index contributed by atoms with van der Waals surface area (Å²) in [7, 11) is 0. The second-order valence-electron chi connectivity index (χ2n) is 6.57. The normalized spacial score (nSPS) is 14.7. The zero-order valence-corrected chi connectivity index (χ0v) is 14.7. The third-order valence-corrected chi connectivity index (χ3v) is 4.89. The Morgan fingerprint density at radius 2 is 1.73 bits per heavy atom. The zero-order chi connectivity index (χ0) is 18.1. The molecule has 4 nitrogen and oxygen atoms in total. The molecule has 1 aliphatic rings. The fraction of sp³-hybridized carbons (Fsp3) is 0.238. The van der Waals surface area contributed by atoms with Crippen molar-refractivity contribution in [1.29, 1.82) is 0 Å². The molecule has 1 saturated heterocycles. The SMILES string of the molecule is Cc1nc2cc(F)ccc2cc1C(=O)N1CCN(c2ccccc2)CC1. The third kappa shape index (κ3) is 3.12. The van der Waals surface area contributed by atoms with Crippen molar-refractivity contribution in [2.75, 3.05) is 31.1 Å². The summed E-state index contributed by atoms with van der Waals surface area (Å²) < 4.78 is 13.4. The minimum Gasteiger partial charge on any atom is -0.368 e. The molecule has 1 fully saturated rings. The Hall–Kier alpha value is -2.95. The smallest absolute Gasteiger partial charge is 0.255 e. The van der Waals surface area contributed by atoms with E-state index in [1.54, 1.807) is 13.0 Å². The lowest BCUT2D eigenvalue weighted by atomic mass is 10.1. The lowest BCUT2D eigenvalue weighted by Gasteiger charge is -2.36. The van der Waals surface area contributed by atoms with Crippen LogP contribution < -0.4 is 4.90 Å². The Labute approximate surface area is 151 Å². The van der Waals surface area contributed by atoms with Crippen LogP contribution in [0.25, 0.3) is 10.9 Å². The van der Waals surface area contributed by atoms with Gasteiger partial charge in [-0.3, -0.25) is 9.78 Å². The fourth-order valence-electron chi connectivity index (χ4n) is 3.43. The summed E-state index contributed by atoms with van der Waals surface area (Å²) in [5.41, 5.74) is 2.99. The lowest BCUT2D eigenvalue weighted by molar-refractivity contribution is 0.0746. The van der Waals surface area contributed by atoms with E-state index in [9.17, 15) is 9.18 Å². The number of hydrogen-bond donors (Lipinski definition) is 0. The number of carbonyl (C=O) groups excluding carboxylic acids is 1. The molecule has 3 aromatic rings. The zero-order valence-electron chi connectivity index (χ0n) is 14.7. The first kappa shape index (κ1) is 16.5. The molecule has 0 N–H and O–H groups in total. The number of hydrogen-bond acceptors (Lipinski definition) is 3. The highest BCUT2D eigenvalue weighted by Crippen LogP contribution is 2.21. The van der Waals surface area contributed by atoms with Gasteiger partial charge in [-0.05, 0) is 37.3 Å². The molecule has 2 aromatic carbocycles. The van der Waals surface area contributed by atoms with Gasteiger partial charge in [0, 0.05) is 43.3 Å². The summed E-state index contributed by atoms with van der Waals surface area (Å²) in [6, 6.07) is 16.5. The van der Waals surface area contributed by atoms with Gasteiger partial charge in [0.15, 0.2) is 0 Å². The van der Waals surface area contributed by atoms with Crippen molar-refractivity contribution >= 4 is 22.5 Å². The Bertz CT molecular complexity index is 950. The highest BCUT2D eigenvalue weighted by Gasteiger charge is 2.24. The molecule has 2 heterocycles. The first-order valence-electron chi connectivity index (χ1n) is 8.78. The Balaban J connectivity index is 1.52. The maximum atomic E-state index is 13.4. The predicted molar refractivity (Wildman–Crippen MR) is 101 cm³/mol. The number of benzene rings is 2.